The number of aromatic nitrogens is 5. The molecule has 0 aromatic carbocycles. The molecule has 1 unspecified atom stereocenters. The van der Waals surface area contributed by atoms with Crippen LogP contribution in [-0.2, 0) is 13.0 Å². The molecule has 1 atom stereocenters. The molecule has 0 amide bonds. The van der Waals surface area contributed by atoms with Gasteiger partial charge >= 0.3 is 0 Å². The van der Waals surface area contributed by atoms with Gasteiger partial charge in [-0.3, -0.25) is 16.0 Å². The van der Waals surface area contributed by atoms with Crippen LogP contribution in [0.25, 0.3) is 5.52 Å². The van der Waals surface area contributed by atoms with Gasteiger partial charge in [0, 0.05) is 24.7 Å². The summed E-state index contributed by atoms with van der Waals surface area (Å²) in [6.07, 6.45) is 7.06. The number of pyridine rings is 1. The van der Waals surface area contributed by atoms with Crippen LogP contribution >= 0.6 is 0 Å². The summed E-state index contributed by atoms with van der Waals surface area (Å²) in [5.41, 5.74) is 4.97. The van der Waals surface area contributed by atoms with E-state index in [4.69, 9.17) is 5.84 Å². The van der Waals surface area contributed by atoms with Gasteiger partial charge in [0.25, 0.3) is 0 Å². The van der Waals surface area contributed by atoms with Crippen LogP contribution in [0.3, 0.4) is 0 Å². The molecule has 0 saturated carbocycles. The van der Waals surface area contributed by atoms with E-state index in [0.717, 1.165) is 29.9 Å². The molecule has 110 valence electrons. The first-order valence-electron chi connectivity index (χ1n) is 7.08. The van der Waals surface area contributed by atoms with Crippen molar-refractivity contribution in [1.29, 1.82) is 0 Å². The molecule has 21 heavy (non-hydrogen) atoms. The fourth-order valence-electron chi connectivity index (χ4n) is 2.51. The number of fused-ring (bicyclic) bond motifs is 1. The second-order valence-electron chi connectivity index (χ2n) is 4.95. The highest BCUT2D eigenvalue weighted by Crippen LogP contribution is 2.21. The normalized spacial score (nSPS) is 12.9. The van der Waals surface area contributed by atoms with Gasteiger partial charge in [0.1, 0.15) is 12.2 Å². The maximum atomic E-state index is 5.75. The highest BCUT2D eigenvalue weighted by molar-refractivity contribution is 5.54. The van der Waals surface area contributed by atoms with Crippen LogP contribution in [0.5, 0.6) is 0 Å². The van der Waals surface area contributed by atoms with E-state index in [9.17, 15) is 0 Å². The van der Waals surface area contributed by atoms with Crippen molar-refractivity contribution in [2.45, 2.75) is 32.4 Å². The van der Waals surface area contributed by atoms with Gasteiger partial charge in [-0.15, -0.1) is 0 Å². The van der Waals surface area contributed by atoms with Crippen LogP contribution in [0, 0.1) is 0 Å². The maximum absolute atomic E-state index is 5.75. The average Bonchev–Trinajstić information content (AvgIpc) is 3.12. The fraction of sp³-hybridized carbons (Fsp3) is 0.357. The first kappa shape index (κ1) is 13.7. The minimum Gasteiger partial charge on any atom is -0.271 e. The lowest BCUT2D eigenvalue weighted by Gasteiger charge is -2.15. The molecule has 0 aliphatic rings. The Bertz CT molecular complexity index is 715. The van der Waals surface area contributed by atoms with Crippen LogP contribution in [0.1, 0.15) is 30.8 Å². The van der Waals surface area contributed by atoms with Gasteiger partial charge in [0.05, 0.1) is 17.8 Å². The second kappa shape index (κ2) is 6.02. The number of hydrogen-bond acceptors (Lipinski definition) is 5. The van der Waals surface area contributed by atoms with Gasteiger partial charge in [-0.2, -0.15) is 10.2 Å². The Kier molecular flexibility index (Phi) is 3.94. The second-order valence-corrected chi connectivity index (χ2v) is 4.95. The standard InChI is InChI=1S/C14H19N7/c1-2-6-21-14(16-10-18-21)8-12(19-15)11-9-17-20-7-4-3-5-13(11)20/h3-5,7,9-10,12,19H,2,6,8,15H2,1H3. The van der Waals surface area contributed by atoms with E-state index >= 15 is 0 Å². The first-order valence-corrected chi connectivity index (χ1v) is 7.08. The van der Waals surface area contributed by atoms with Crippen LogP contribution < -0.4 is 11.3 Å². The van der Waals surface area contributed by atoms with Gasteiger partial charge in [-0.25, -0.2) is 9.50 Å². The van der Waals surface area contributed by atoms with Gasteiger partial charge in [0.15, 0.2) is 0 Å². The van der Waals surface area contributed by atoms with Crippen LogP contribution in [0.15, 0.2) is 36.9 Å². The summed E-state index contributed by atoms with van der Waals surface area (Å²) in [7, 11) is 0. The topological polar surface area (TPSA) is 86.1 Å². The summed E-state index contributed by atoms with van der Waals surface area (Å²) in [4.78, 5) is 4.34. The molecule has 0 spiro atoms. The molecule has 0 bridgehead atoms. The Morgan fingerprint density at radius 2 is 2.24 bits per heavy atom. The predicted molar refractivity (Wildman–Crippen MR) is 79.3 cm³/mol. The third kappa shape index (κ3) is 2.65. The van der Waals surface area contributed by atoms with E-state index < -0.39 is 0 Å². The van der Waals surface area contributed by atoms with Crippen molar-refractivity contribution in [2.75, 3.05) is 0 Å². The van der Waals surface area contributed by atoms with Crippen LogP contribution in [-0.4, -0.2) is 24.4 Å². The Morgan fingerprint density at radius 3 is 3.05 bits per heavy atom. The molecular weight excluding hydrogens is 266 g/mol. The van der Waals surface area contributed by atoms with Crippen LogP contribution in [0.2, 0.25) is 0 Å². The van der Waals surface area contributed by atoms with Crippen molar-refractivity contribution >= 4 is 5.52 Å². The van der Waals surface area contributed by atoms with Crippen molar-refractivity contribution in [3.63, 3.8) is 0 Å². The molecule has 0 aliphatic heterocycles. The minimum atomic E-state index is -0.0512. The summed E-state index contributed by atoms with van der Waals surface area (Å²) < 4.78 is 3.77. The van der Waals surface area contributed by atoms with Crippen molar-refractivity contribution in [2.24, 2.45) is 5.84 Å². The average molecular weight is 285 g/mol. The zero-order valence-electron chi connectivity index (χ0n) is 12.0. The van der Waals surface area contributed by atoms with Gasteiger partial charge in [0.2, 0.25) is 0 Å². The molecule has 0 aliphatic carbocycles. The lowest BCUT2D eigenvalue weighted by atomic mass is 10.1. The lowest BCUT2D eigenvalue weighted by Crippen LogP contribution is -2.30. The first-order chi connectivity index (χ1) is 10.3. The number of nitrogens with one attached hydrogen (secondary N) is 1. The van der Waals surface area contributed by atoms with Crippen molar-refractivity contribution in [1.82, 2.24) is 29.8 Å². The molecule has 3 heterocycles. The Morgan fingerprint density at radius 1 is 1.33 bits per heavy atom. The number of rotatable bonds is 6. The molecule has 3 aromatic rings. The van der Waals surface area contributed by atoms with Crippen molar-refractivity contribution in [3.8, 4) is 0 Å². The van der Waals surface area contributed by atoms with Gasteiger partial charge in [-0.05, 0) is 18.6 Å². The van der Waals surface area contributed by atoms with Crippen molar-refractivity contribution in [3.05, 3.63) is 48.3 Å². The molecule has 0 radical (unpaired) electrons. The maximum Gasteiger partial charge on any atom is 0.138 e. The zero-order chi connectivity index (χ0) is 14.7. The monoisotopic (exact) mass is 285 g/mol. The summed E-state index contributed by atoms with van der Waals surface area (Å²) in [6.45, 7) is 2.98. The number of nitrogens with two attached hydrogens (primary N) is 1. The molecule has 7 nitrogen and oxygen atoms in total. The Labute approximate surface area is 122 Å². The molecule has 3 N–H and O–H groups in total. The molecule has 0 saturated heterocycles. The highest BCUT2D eigenvalue weighted by atomic mass is 15.3. The molecular formula is C14H19N7. The van der Waals surface area contributed by atoms with E-state index in [1.807, 2.05) is 39.8 Å². The SMILES string of the molecule is CCCn1ncnc1CC(NN)c1cnn2ccccc12. The Hall–Kier alpha value is -2.25. The van der Waals surface area contributed by atoms with E-state index in [2.05, 4.69) is 27.5 Å². The smallest absolute Gasteiger partial charge is 0.138 e. The molecule has 3 rings (SSSR count). The summed E-state index contributed by atoms with van der Waals surface area (Å²) in [6, 6.07) is 5.92. The van der Waals surface area contributed by atoms with Gasteiger partial charge < -0.3 is 0 Å². The summed E-state index contributed by atoms with van der Waals surface area (Å²) >= 11 is 0. The number of hydrogen-bond donors (Lipinski definition) is 2. The quantitative estimate of drug-likeness (QED) is 0.523. The van der Waals surface area contributed by atoms with Crippen molar-refractivity contribution < 1.29 is 0 Å². The summed E-state index contributed by atoms with van der Waals surface area (Å²) in [5.74, 6) is 6.68. The van der Waals surface area contributed by atoms with E-state index in [-0.39, 0.29) is 6.04 Å². The Balaban J connectivity index is 1.90. The van der Waals surface area contributed by atoms with Crippen LogP contribution in [0.4, 0.5) is 0 Å². The van der Waals surface area contributed by atoms with E-state index in [1.54, 1.807) is 6.33 Å². The number of nitrogens with zero attached hydrogens (tertiary/aromatic N) is 5. The molecule has 3 aromatic heterocycles. The molecule has 7 heteroatoms. The fourth-order valence-corrected chi connectivity index (χ4v) is 2.51. The van der Waals surface area contributed by atoms with E-state index in [0.29, 0.717) is 6.42 Å². The number of hydrazine groups is 1. The predicted octanol–water partition coefficient (Wildman–Crippen LogP) is 1.08. The third-order valence-electron chi connectivity index (χ3n) is 3.55. The lowest BCUT2D eigenvalue weighted by molar-refractivity contribution is 0.501. The largest absolute Gasteiger partial charge is 0.271 e. The van der Waals surface area contributed by atoms with E-state index in [1.165, 1.54) is 0 Å². The minimum absolute atomic E-state index is 0.0512. The number of aryl methyl sites for hydroxylation is 1. The highest BCUT2D eigenvalue weighted by Gasteiger charge is 2.18. The summed E-state index contributed by atoms with van der Waals surface area (Å²) in [5, 5.41) is 8.61. The molecule has 0 fully saturated rings. The van der Waals surface area contributed by atoms with Gasteiger partial charge in [-0.1, -0.05) is 13.0 Å². The third-order valence-corrected chi connectivity index (χ3v) is 3.55. The zero-order valence-corrected chi connectivity index (χ0v) is 12.0.